The van der Waals surface area contributed by atoms with Crippen molar-refractivity contribution in [2.45, 2.75) is 32.7 Å². The molecule has 0 aromatic carbocycles. The monoisotopic (exact) mass is 172 g/mol. The summed E-state index contributed by atoms with van der Waals surface area (Å²) in [5.41, 5.74) is 0. The highest BCUT2D eigenvalue weighted by Gasteiger charge is 2.10. The van der Waals surface area contributed by atoms with Crippen molar-refractivity contribution in [2.75, 3.05) is 20.8 Å². The number of rotatable bonds is 5. The van der Waals surface area contributed by atoms with E-state index >= 15 is 0 Å². The lowest BCUT2D eigenvalue weighted by molar-refractivity contribution is 0.144. The van der Waals surface area contributed by atoms with Gasteiger partial charge in [-0.15, -0.1) is 0 Å². The zero-order chi connectivity index (χ0) is 9.56. The van der Waals surface area contributed by atoms with Crippen LogP contribution in [0, 0.1) is 5.41 Å². The van der Waals surface area contributed by atoms with Gasteiger partial charge in [0.2, 0.25) is 0 Å². The Morgan fingerprint density at radius 2 is 2.17 bits per heavy atom. The molecule has 1 N–H and O–H groups in total. The fraction of sp³-hybridized carbons (Fsp3) is 0.889. The van der Waals surface area contributed by atoms with Gasteiger partial charge in [0.1, 0.15) is 0 Å². The summed E-state index contributed by atoms with van der Waals surface area (Å²) in [5.74, 6) is 0.696. The molecule has 0 bridgehead atoms. The minimum Gasteiger partial charge on any atom is -0.383 e. The standard InChI is InChI=1S/C9H20N2O/c1-5-6-9(10)11(3)8(2)7-12-4/h8,10H,5-7H2,1-4H3. The van der Waals surface area contributed by atoms with E-state index in [-0.39, 0.29) is 0 Å². The van der Waals surface area contributed by atoms with Crippen LogP contribution in [0.4, 0.5) is 0 Å². The second-order valence-electron chi connectivity index (χ2n) is 3.11. The van der Waals surface area contributed by atoms with E-state index in [2.05, 4.69) is 13.8 Å². The van der Waals surface area contributed by atoms with Crippen LogP contribution in [0.25, 0.3) is 0 Å². The summed E-state index contributed by atoms with van der Waals surface area (Å²) in [7, 11) is 3.63. The Morgan fingerprint density at radius 1 is 1.58 bits per heavy atom. The van der Waals surface area contributed by atoms with Gasteiger partial charge in [-0.1, -0.05) is 6.92 Å². The van der Waals surface area contributed by atoms with Crippen LogP contribution >= 0.6 is 0 Å². The Balaban J connectivity index is 3.82. The summed E-state index contributed by atoms with van der Waals surface area (Å²) < 4.78 is 5.01. The first-order valence-electron chi connectivity index (χ1n) is 4.42. The van der Waals surface area contributed by atoms with Crippen LogP contribution in [0.3, 0.4) is 0 Å². The Bertz CT molecular complexity index is 136. The number of ether oxygens (including phenoxy) is 1. The molecule has 1 atom stereocenters. The lowest BCUT2D eigenvalue weighted by atomic mass is 10.2. The van der Waals surface area contributed by atoms with E-state index in [1.165, 1.54) is 0 Å². The Labute approximate surface area is 75.2 Å². The van der Waals surface area contributed by atoms with Crippen LogP contribution < -0.4 is 0 Å². The zero-order valence-electron chi connectivity index (χ0n) is 8.55. The predicted octanol–water partition coefficient (Wildman–Crippen LogP) is 1.73. The van der Waals surface area contributed by atoms with Crippen molar-refractivity contribution in [3.8, 4) is 0 Å². The minimum absolute atomic E-state index is 0.300. The molecule has 0 radical (unpaired) electrons. The SMILES string of the molecule is CCCC(=N)N(C)C(C)COC. The molecule has 0 heterocycles. The van der Waals surface area contributed by atoms with Crippen molar-refractivity contribution < 1.29 is 4.74 Å². The van der Waals surface area contributed by atoms with Gasteiger partial charge in [0.15, 0.2) is 0 Å². The molecule has 3 heteroatoms. The molecule has 0 aliphatic heterocycles. The van der Waals surface area contributed by atoms with Crippen molar-refractivity contribution in [1.82, 2.24) is 4.90 Å². The third-order valence-corrected chi connectivity index (χ3v) is 1.98. The molecule has 3 nitrogen and oxygen atoms in total. The summed E-state index contributed by atoms with van der Waals surface area (Å²) in [6.45, 7) is 4.83. The first-order chi connectivity index (χ1) is 5.63. The highest BCUT2D eigenvalue weighted by atomic mass is 16.5. The first-order valence-corrected chi connectivity index (χ1v) is 4.42. The number of hydrogen-bond acceptors (Lipinski definition) is 2. The molecule has 0 amide bonds. The summed E-state index contributed by atoms with van der Waals surface area (Å²) >= 11 is 0. The van der Waals surface area contributed by atoms with Gasteiger partial charge in [-0.3, -0.25) is 5.41 Å². The van der Waals surface area contributed by atoms with Gasteiger partial charge in [-0.2, -0.15) is 0 Å². The number of nitrogens with one attached hydrogen (secondary N) is 1. The fourth-order valence-electron chi connectivity index (χ4n) is 1.03. The molecule has 0 aromatic rings. The van der Waals surface area contributed by atoms with Gasteiger partial charge < -0.3 is 9.64 Å². The Kier molecular flexibility index (Phi) is 5.72. The van der Waals surface area contributed by atoms with E-state index in [9.17, 15) is 0 Å². The van der Waals surface area contributed by atoms with Gasteiger partial charge in [-0.25, -0.2) is 0 Å². The van der Waals surface area contributed by atoms with Crippen LogP contribution in [0.2, 0.25) is 0 Å². The van der Waals surface area contributed by atoms with Gasteiger partial charge in [0.25, 0.3) is 0 Å². The molecule has 0 aliphatic carbocycles. The molecule has 72 valence electrons. The smallest absolute Gasteiger partial charge is 0.0958 e. The number of amidine groups is 1. The van der Waals surface area contributed by atoms with Gasteiger partial charge >= 0.3 is 0 Å². The quantitative estimate of drug-likeness (QED) is 0.506. The van der Waals surface area contributed by atoms with Gasteiger partial charge in [0.05, 0.1) is 18.5 Å². The van der Waals surface area contributed by atoms with Crippen LogP contribution in [0.5, 0.6) is 0 Å². The highest BCUT2D eigenvalue weighted by molar-refractivity contribution is 5.79. The largest absolute Gasteiger partial charge is 0.383 e. The number of nitrogens with zero attached hydrogens (tertiary/aromatic N) is 1. The van der Waals surface area contributed by atoms with Crippen LogP contribution in [0.1, 0.15) is 26.7 Å². The molecule has 1 unspecified atom stereocenters. The number of methoxy groups -OCH3 is 1. The molecular formula is C9H20N2O. The van der Waals surface area contributed by atoms with E-state index in [0.29, 0.717) is 18.5 Å². The highest BCUT2D eigenvalue weighted by Crippen LogP contribution is 2.01. The average Bonchev–Trinajstić information content (AvgIpc) is 2.04. The zero-order valence-corrected chi connectivity index (χ0v) is 8.55. The van der Waals surface area contributed by atoms with E-state index in [0.717, 1.165) is 12.8 Å². The van der Waals surface area contributed by atoms with Crippen molar-refractivity contribution in [2.24, 2.45) is 0 Å². The van der Waals surface area contributed by atoms with Crippen LogP contribution in [0.15, 0.2) is 0 Å². The summed E-state index contributed by atoms with van der Waals surface area (Å²) in [6, 6.07) is 0.300. The van der Waals surface area contributed by atoms with Crippen molar-refractivity contribution >= 4 is 5.84 Å². The van der Waals surface area contributed by atoms with Crippen LogP contribution in [-0.4, -0.2) is 37.5 Å². The van der Waals surface area contributed by atoms with Gasteiger partial charge in [0, 0.05) is 20.6 Å². The Morgan fingerprint density at radius 3 is 2.58 bits per heavy atom. The maximum atomic E-state index is 7.67. The number of hydrogen-bond donors (Lipinski definition) is 1. The molecule has 0 saturated heterocycles. The second kappa shape index (κ2) is 6.00. The minimum atomic E-state index is 0.300. The molecule has 0 aromatic heterocycles. The molecule has 0 rings (SSSR count). The second-order valence-corrected chi connectivity index (χ2v) is 3.11. The molecule has 0 spiro atoms. The first kappa shape index (κ1) is 11.4. The van der Waals surface area contributed by atoms with Crippen LogP contribution in [-0.2, 0) is 4.74 Å². The predicted molar refractivity (Wildman–Crippen MR) is 51.7 cm³/mol. The Hall–Kier alpha value is -0.570. The fourth-order valence-corrected chi connectivity index (χ4v) is 1.03. The molecular weight excluding hydrogens is 152 g/mol. The van der Waals surface area contributed by atoms with E-state index in [1.54, 1.807) is 7.11 Å². The molecule has 0 aliphatic rings. The maximum Gasteiger partial charge on any atom is 0.0958 e. The summed E-state index contributed by atoms with van der Waals surface area (Å²) in [5, 5.41) is 7.67. The van der Waals surface area contributed by atoms with Gasteiger partial charge in [-0.05, 0) is 13.3 Å². The van der Waals surface area contributed by atoms with E-state index in [1.807, 2.05) is 11.9 Å². The van der Waals surface area contributed by atoms with E-state index < -0.39 is 0 Å². The lowest BCUT2D eigenvalue weighted by Crippen LogP contribution is -2.37. The molecule has 0 saturated carbocycles. The van der Waals surface area contributed by atoms with Crippen molar-refractivity contribution in [3.05, 3.63) is 0 Å². The third-order valence-electron chi connectivity index (χ3n) is 1.98. The average molecular weight is 172 g/mol. The summed E-state index contributed by atoms with van der Waals surface area (Å²) in [4.78, 5) is 1.97. The number of likely N-dealkylation sites (N-methyl/N-ethyl adjacent to an activating group) is 1. The summed E-state index contributed by atoms with van der Waals surface area (Å²) in [6.07, 6.45) is 1.88. The molecule has 12 heavy (non-hydrogen) atoms. The topological polar surface area (TPSA) is 36.3 Å². The van der Waals surface area contributed by atoms with Crippen molar-refractivity contribution in [3.63, 3.8) is 0 Å². The maximum absolute atomic E-state index is 7.67. The normalized spacial score (nSPS) is 12.7. The molecule has 0 fully saturated rings. The van der Waals surface area contributed by atoms with Crippen molar-refractivity contribution in [1.29, 1.82) is 5.41 Å². The third kappa shape index (κ3) is 3.72. The van der Waals surface area contributed by atoms with E-state index in [4.69, 9.17) is 10.1 Å². The lowest BCUT2D eigenvalue weighted by Gasteiger charge is -2.26.